The molecule has 0 rings (SSSR count). The lowest BCUT2D eigenvalue weighted by Gasteiger charge is -2.23. The molecular weight excluding hydrogens is 222 g/mol. The number of ketones is 1. The van der Waals surface area contributed by atoms with Crippen LogP contribution in [0.4, 0.5) is 4.79 Å². The SMILES string of the molecule is CC(=O)C(NC(=O)OC(C)(C)C)C(C)C=[N+]=[N-]. The van der Waals surface area contributed by atoms with Crippen LogP contribution in [0.1, 0.15) is 34.6 Å². The van der Waals surface area contributed by atoms with Crippen molar-refractivity contribution >= 4 is 18.1 Å². The van der Waals surface area contributed by atoms with Crippen molar-refractivity contribution in [3.8, 4) is 0 Å². The van der Waals surface area contributed by atoms with Gasteiger partial charge in [-0.1, -0.05) is 0 Å². The molecule has 96 valence electrons. The molecule has 0 aliphatic heterocycles. The highest BCUT2D eigenvalue weighted by Gasteiger charge is 2.27. The fourth-order valence-electron chi connectivity index (χ4n) is 1.23. The number of hydrogen-bond donors (Lipinski definition) is 1. The lowest BCUT2D eigenvalue weighted by Crippen LogP contribution is -2.46. The summed E-state index contributed by atoms with van der Waals surface area (Å²) >= 11 is 0. The van der Waals surface area contributed by atoms with Crippen LogP contribution in [0.5, 0.6) is 0 Å². The lowest BCUT2D eigenvalue weighted by atomic mass is 10.0. The molecule has 6 heteroatoms. The van der Waals surface area contributed by atoms with Crippen molar-refractivity contribution in [1.82, 2.24) is 5.32 Å². The van der Waals surface area contributed by atoms with E-state index < -0.39 is 23.7 Å². The maximum Gasteiger partial charge on any atom is 0.408 e. The molecule has 0 spiro atoms. The predicted octanol–water partition coefficient (Wildman–Crippen LogP) is 1.41. The molecule has 2 atom stereocenters. The van der Waals surface area contributed by atoms with Crippen LogP contribution in [0.25, 0.3) is 5.53 Å². The fraction of sp³-hybridized carbons (Fsp3) is 0.727. The van der Waals surface area contributed by atoms with Gasteiger partial charge >= 0.3 is 6.09 Å². The molecule has 6 nitrogen and oxygen atoms in total. The number of carbonyl (C=O) groups excluding carboxylic acids is 2. The van der Waals surface area contributed by atoms with Gasteiger partial charge < -0.3 is 15.6 Å². The summed E-state index contributed by atoms with van der Waals surface area (Å²) in [4.78, 5) is 25.7. The zero-order valence-corrected chi connectivity index (χ0v) is 10.9. The number of Topliss-reactive ketones (excluding diaryl/α,β-unsaturated/α-hetero) is 1. The van der Waals surface area contributed by atoms with Gasteiger partial charge in [0.05, 0.1) is 5.92 Å². The van der Waals surface area contributed by atoms with Crippen LogP contribution in [0.15, 0.2) is 0 Å². The molecule has 0 aliphatic carbocycles. The second kappa shape index (κ2) is 6.15. The summed E-state index contributed by atoms with van der Waals surface area (Å²) in [5.74, 6) is -0.645. The molecule has 1 N–H and O–H groups in total. The second-order valence-electron chi connectivity index (χ2n) is 4.86. The Kier molecular flexibility index (Phi) is 5.55. The van der Waals surface area contributed by atoms with E-state index in [1.807, 2.05) is 0 Å². The number of ether oxygens (including phenoxy) is 1. The summed E-state index contributed by atoms with van der Waals surface area (Å²) in [5, 5.41) is 2.44. The van der Waals surface area contributed by atoms with E-state index in [0.717, 1.165) is 0 Å². The van der Waals surface area contributed by atoms with Crippen LogP contribution < -0.4 is 5.32 Å². The van der Waals surface area contributed by atoms with Crippen molar-refractivity contribution in [3.63, 3.8) is 0 Å². The first-order chi connectivity index (χ1) is 7.67. The lowest BCUT2D eigenvalue weighted by molar-refractivity contribution is -0.119. The highest BCUT2D eigenvalue weighted by Crippen LogP contribution is 2.08. The van der Waals surface area contributed by atoms with Crippen LogP contribution >= 0.6 is 0 Å². The number of nitrogens with one attached hydrogen (secondary N) is 1. The van der Waals surface area contributed by atoms with Crippen molar-refractivity contribution in [2.24, 2.45) is 5.92 Å². The number of alkyl carbamates (subject to hydrolysis) is 1. The molecule has 0 saturated heterocycles. The van der Waals surface area contributed by atoms with Gasteiger partial charge in [-0.15, -0.1) is 0 Å². The van der Waals surface area contributed by atoms with Crippen LogP contribution in [-0.2, 0) is 9.53 Å². The first kappa shape index (κ1) is 15.3. The average Bonchev–Trinajstić information content (AvgIpc) is 2.11. The van der Waals surface area contributed by atoms with Gasteiger partial charge in [0.2, 0.25) is 0 Å². The molecule has 0 radical (unpaired) electrons. The third-order valence-corrected chi connectivity index (χ3v) is 1.94. The Bertz CT molecular complexity index is 340. The Balaban J connectivity index is 4.62. The van der Waals surface area contributed by atoms with Gasteiger partial charge in [-0.3, -0.25) is 4.79 Å². The van der Waals surface area contributed by atoms with Crippen molar-refractivity contribution in [2.75, 3.05) is 0 Å². The molecular formula is C11H19N3O3. The van der Waals surface area contributed by atoms with E-state index >= 15 is 0 Å². The Labute approximate surface area is 101 Å². The summed E-state index contributed by atoms with van der Waals surface area (Å²) in [7, 11) is 0. The highest BCUT2D eigenvalue weighted by atomic mass is 16.6. The number of rotatable bonds is 4. The zero-order valence-electron chi connectivity index (χ0n) is 10.9. The van der Waals surface area contributed by atoms with Crippen molar-refractivity contribution < 1.29 is 19.1 Å². The first-order valence-electron chi connectivity index (χ1n) is 5.35. The summed E-state index contributed by atoms with van der Waals surface area (Å²) < 4.78 is 5.04. The van der Waals surface area contributed by atoms with Gasteiger partial charge in [-0.05, 0) is 34.6 Å². The van der Waals surface area contributed by atoms with Gasteiger partial charge in [0.1, 0.15) is 11.6 Å². The molecule has 0 heterocycles. The minimum Gasteiger partial charge on any atom is -0.444 e. The molecule has 2 unspecified atom stereocenters. The molecule has 0 aromatic heterocycles. The third-order valence-electron chi connectivity index (χ3n) is 1.94. The van der Waals surface area contributed by atoms with Gasteiger partial charge in [-0.25, -0.2) is 4.79 Å². The molecule has 0 bridgehead atoms. The van der Waals surface area contributed by atoms with Crippen LogP contribution in [0.2, 0.25) is 0 Å². The van der Waals surface area contributed by atoms with E-state index in [9.17, 15) is 9.59 Å². The fourth-order valence-corrected chi connectivity index (χ4v) is 1.23. The topological polar surface area (TPSA) is 91.8 Å². The highest BCUT2D eigenvalue weighted by molar-refractivity contribution is 5.88. The van der Waals surface area contributed by atoms with Crippen molar-refractivity contribution in [1.29, 1.82) is 0 Å². The van der Waals surface area contributed by atoms with E-state index in [4.69, 9.17) is 10.3 Å². The number of amides is 1. The molecule has 0 aromatic rings. The van der Waals surface area contributed by atoms with Crippen molar-refractivity contribution in [2.45, 2.75) is 46.3 Å². The average molecular weight is 241 g/mol. The van der Waals surface area contributed by atoms with Crippen LogP contribution in [-0.4, -0.2) is 34.5 Å². The number of carbonyl (C=O) groups is 2. The molecule has 0 saturated carbocycles. The molecule has 0 fully saturated rings. The summed E-state index contributed by atoms with van der Waals surface area (Å²) in [6.45, 7) is 8.20. The number of nitrogens with zero attached hydrogens (tertiary/aromatic N) is 2. The van der Waals surface area contributed by atoms with E-state index in [0.29, 0.717) is 0 Å². The van der Waals surface area contributed by atoms with Crippen LogP contribution in [0.3, 0.4) is 0 Å². The Hall–Kier alpha value is -1.68. The largest absolute Gasteiger partial charge is 0.444 e. The van der Waals surface area contributed by atoms with Gasteiger partial charge in [0.25, 0.3) is 6.21 Å². The van der Waals surface area contributed by atoms with E-state index in [-0.39, 0.29) is 5.78 Å². The predicted molar refractivity (Wildman–Crippen MR) is 62.7 cm³/mol. The van der Waals surface area contributed by atoms with Gasteiger partial charge in [-0.2, -0.15) is 4.79 Å². The Morgan fingerprint density at radius 1 is 1.41 bits per heavy atom. The van der Waals surface area contributed by atoms with E-state index in [1.54, 1.807) is 27.7 Å². The zero-order chi connectivity index (χ0) is 13.6. The quantitative estimate of drug-likeness (QED) is 0.458. The standard InChI is InChI=1S/C11H19N3O3/c1-7(6-13-12)9(8(2)15)14-10(16)17-11(3,4)5/h6-7,9H,1-5H3,(H,14,16). The molecule has 1 amide bonds. The Morgan fingerprint density at radius 2 is 1.94 bits per heavy atom. The minimum absolute atomic E-state index is 0.233. The van der Waals surface area contributed by atoms with Gasteiger partial charge in [0.15, 0.2) is 5.78 Å². The first-order valence-corrected chi connectivity index (χ1v) is 5.35. The van der Waals surface area contributed by atoms with E-state index in [2.05, 4.69) is 10.1 Å². The second-order valence-corrected chi connectivity index (χ2v) is 4.86. The molecule has 0 aromatic carbocycles. The summed E-state index contributed by atoms with van der Waals surface area (Å²) in [5.41, 5.74) is 7.78. The van der Waals surface area contributed by atoms with Gasteiger partial charge in [0, 0.05) is 0 Å². The minimum atomic E-state index is -0.763. The smallest absolute Gasteiger partial charge is 0.408 e. The third kappa shape index (κ3) is 6.48. The summed E-state index contributed by atoms with van der Waals surface area (Å²) in [6, 6.07) is -0.763. The maximum atomic E-state index is 11.5. The van der Waals surface area contributed by atoms with E-state index in [1.165, 1.54) is 13.1 Å². The van der Waals surface area contributed by atoms with Crippen molar-refractivity contribution in [3.05, 3.63) is 5.53 Å². The van der Waals surface area contributed by atoms with Crippen LogP contribution in [0, 0.1) is 5.92 Å². The normalized spacial score (nSPS) is 14.2. The number of hydrogen-bond acceptors (Lipinski definition) is 3. The summed E-state index contributed by atoms with van der Waals surface area (Å²) in [6.07, 6.45) is 0.513. The molecule has 0 aliphatic rings. The monoisotopic (exact) mass is 241 g/mol. The maximum absolute atomic E-state index is 11.5. The Morgan fingerprint density at radius 3 is 2.29 bits per heavy atom. The molecule has 17 heavy (non-hydrogen) atoms.